The third kappa shape index (κ3) is 2.39. The van der Waals surface area contributed by atoms with Crippen LogP contribution in [-0.2, 0) is 9.59 Å². The van der Waals surface area contributed by atoms with Crippen molar-refractivity contribution in [2.45, 2.75) is 16.1 Å². The van der Waals surface area contributed by atoms with Crippen LogP contribution in [0.15, 0.2) is 27.2 Å². The number of amides is 1. The van der Waals surface area contributed by atoms with E-state index < -0.39 is 5.97 Å². The number of carbonyl (C=O) groups excluding carboxylic acids is 1. The molecule has 2 aliphatic heterocycles. The van der Waals surface area contributed by atoms with Crippen molar-refractivity contribution in [3.63, 3.8) is 0 Å². The van der Waals surface area contributed by atoms with Crippen LogP contribution in [-0.4, -0.2) is 43.7 Å². The molecule has 3 rings (SSSR count). The summed E-state index contributed by atoms with van der Waals surface area (Å²) in [5.41, 5.74) is 0.992. The first-order valence-corrected chi connectivity index (χ1v) is 8.49. The van der Waals surface area contributed by atoms with Gasteiger partial charge in [-0.15, -0.1) is 23.1 Å². The van der Waals surface area contributed by atoms with Crippen molar-refractivity contribution in [2.75, 3.05) is 11.5 Å². The van der Waals surface area contributed by atoms with E-state index in [1.807, 2.05) is 5.38 Å². The molecule has 1 aromatic heterocycles. The molecule has 0 bridgehead atoms. The van der Waals surface area contributed by atoms with Gasteiger partial charge in [-0.25, -0.2) is 9.78 Å². The van der Waals surface area contributed by atoms with Crippen molar-refractivity contribution in [1.29, 1.82) is 0 Å². The average molecular weight is 314 g/mol. The minimum absolute atomic E-state index is 0.0206. The summed E-state index contributed by atoms with van der Waals surface area (Å²) in [7, 11) is 0. The van der Waals surface area contributed by atoms with Gasteiger partial charge in [-0.05, 0) is 5.57 Å². The van der Waals surface area contributed by atoms with Crippen molar-refractivity contribution in [2.24, 2.45) is 0 Å². The van der Waals surface area contributed by atoms with Crippen LogP contribution in [0.2, 0.25) is 0 Å². The van der Waals surface area contributed by atoms with Gasteiger partial charge < -0.3 is 5.11 Å². The Kier molecular flexibility index (Phi) is 3.55. The van der Waals surface area contributed by atoms with Crippen LogP contribution in [0.3, 0.4) is 0 Å². The second kappa shape index (κ2) is 5.18. The van der Waals surface area contributed by atoms with Gasteiger partial charge in [0.25, 0.3) is 0 Å². The number of aromatic nitrogens is 1. The van der Waals surface area contributed by atoms with E-state index in [1.165, 1.54) is 28.0 Å². The van der Waals surface area contributed by atoms with E-state index in [2.05, 4.69) is 4.98 Å². The van der Waals surface area contributed by atoms with Gasteiger partial charge in [0, 0.05) is 23.1 Å². The predicted octanol–water partition coefficient (Wildman–Crippen LogP) is 1.88. The largest absolute Gasteiger partial charge is 0.477 e. The van der Waals surface area contributed by atoms with Crippen molar-refractivity contribution in [1.82, 2.24) is 9.88 Å². The quantitative estimate of drug-likeness (QED) is 0.676. The zero-order chi connectivity index (χ0) is 13.4. The molecule has 0 unspecified atom stereocenters. The summed E-state index contributed by atoms with van der Waals surface area (Å²) in [6.07, 6.45) is 2.18. The molecule has 1 N–H and O–H groups in total. The Morgan fingerprint density at radius 2 is 2.47 bits per heavy atom. The number of nitrogens with zero attached hydrogens (tertiary/aromatic N) is 2. The average Bonchev–Trinajstić information content (AvgIpc) is 2.88. The number of fused-ring (bicyclic) bond motifs is 1. The molecule has 100 valence electrons. The topological polar surface area (TPSA) is 70.5 Å². The van der Waals surface area contributed by atoms with E-state index in [0.29, 0.717) is 17.9 Å². The Morgan fingerprint density at radius 1 is 1.63 bits per heavy atom. The molecule has 1 atom stereocenters. The maximum Gasteiger partial charge on any atom is 0.352 e. The molecule has 19 heavy (non-hydrogen) atoms. The lowest BCUT2D eigenvalue weighted by molar-refractivity contribution is -0.146. The Morgan fingerprint density at radius 3 is 3.11 bits per heavy atom. The maximum absolute atomic E-state index is 11.6. The summed E-state index contributed by atoms with van der Waals surface area (Å²) in [5.74, 6) is 0.145. The number of carbonyl (C=O) groups is 2. The maximum atomic E-state index is 11.6. The molecule has 0 spiro atoms. The number of carboxylic acid groups (broad SMARTS) is 1. The molecule has 0 saturated carbocycles. The molecule has 1 saturated heterocycles. The van der Waals surface area contributed by atoms with Crippen molar-refractivity contribution >= 4 is 46.7 Å². The fraction of sp³-hybridized carbons (Fsp3) is 0.364. The fourth-order valence-electron chi connectivity index (χ4n) is 2.02. The van der Waals surface area contributed by atoms with Crippen molar-refractivity contribution < 1.29 is 14.7 Å². The highest BCUT2D eigenvalue weighted by Gasteiger charge is 2.45. The fourth-order valence-corrected chi connectivity index (χ4v) is 5.06. The SMILES string of the molecule is O=C(O)C1=C(CSc2nccs2)CS[C@@H]2CC(=O)N12. The number of rotatable bonds is 4. The molecule has 1 amide bonds. The number of thioether (sulfide) groups is 2. The number of carboxylic acids is 1. The minimum atomic E-state index is -1.01. The highest BCUT2D eigenvalue weighted by atomic mass is 32.2. The Labute approximate surface area is 122 Å². The summed E-state index contributed by atoms with van der Waals surface area (Å²) >= 11 is 4.69. The van der Waals surface area contributed by atoms with E-state index in [9.17, 15) is 14.7 Å². The number of hydrogen-bond donors (Lipinski definition) is 1. The zero-order valence-corrected chi connectivity index (χ0v) is 12.2. The molecule has 8 heteroatoms. The normalized spacial score (nSPS) is 22.2. The van der Waals surface area contributed by atoms with Crippen LogP contribution in [0.25, 0.3) is 0 Å². The van der Waals surface area contributed by atoms with E-state index in [4.69, 9.17) is 0 Å². The first-order valence-electron chi connectivity index (χ1n) is 5.58. The number of aliphatic carboxylic acids is 1. The van der Waals surface area contributed by atoms with Gasteiger partial charge in [0.2, 0.25) is 5.91 Å². The number of hydrogen-bond acceptors (Lipinski definition) is 6. The molecule has 2 aliphatic rings. The van der Waals surface area contributed by atoms with Crippen LogP contribution >= 0.6 is 34.9 Å². The van der Waals surface area contributed by atoms with Crippen LogP contribution in [0, 0.1) is 0 Å². The summed E-state index contributed by atoms with van der Waals surface area (Å²) in [6, 6.07) is 0. The van der Waals surface area contributed by atoms with E-state index in [1.54, 1.807) is 18.0 Å². The molecule has 1 aromatic rings. The lowest BCUT2D eigenvalue weighted by Gasteiger charge is -2.43. The standard InChI is InChI=1S/C11H10N2O3S3/c14-7-3-8-13(7)9(10(15)16)6(4-18-8)5-19-11-12-1-2-17-11/h1-2,8H,3-5H2,(H,15,16)/t8-/m1/s1. The van der Waals surface area contributed by atoms with Crippen LogP contribution in [0.5, 0.6) is 0 Å². The first-order chi connectivity index (χ1) is 9.16. The van der Waals surface area contributed by atoms with E-state index >= 15 is 0 Å². The third-order valence-electron chi connectivity index (χ3n) is 2.91. The number of thiazole rings is 1. The van der Waals surface area contributed by atoms with Crippen molar-refractivity contribution in [3.05, 3.63) is 22.8 Å². The van der Waals surface area contributed by atoms with Crippen LogP contribution in [0.1, 0.15) is 6.42 Å². The molecular weight excluding hydrogens is 304 g/mol. The summed E-state index contributed by atoms with van der Waals surface area (Å²) in [5, 5.41) is 11.2. The summed E-state index contributed by atoms with van der Waals surface area (Å²) in [6.45, 7) is 0. The highest BCUT2D eigenvalue weighted by Crippen LogP contribution is 2.41. The minimum Gasteiger partial charge on any atom is -0.477 e. The number of β-lactam (4-membered cyclic amide) rings is 1. The Balaban J connectivity index is 1.81. The first kappa shape index (κ1) is 13.0. The lowest BCUT2D eigenvalue weighted by atomic mass is 10.1. The van der Waals surface area contributed by atoms with Crippen LogP contribution in [0.4, 0.5) is 0 Å². The van der Waals surface area contributed by atoms with E-state index in [-0.39, 0.29) is 17.0 Å². The predicted molar refractivity (Wildman–Crippen MR) is 75.2 cm³/mol. The monoisotopic (exact) mass is 314 g/mol. The Bertz CT molecular complexity index is 556. The van der Waals surface area contributed by atoms with Gasteiger partial charge in [0.1, 0.15) is 10.0 Å². The molecule has 1 fully saturated rings. The molecule has 0 radical (unpaired) electrons. The highest BCUT2D eigenvalue weighted by molar-refractivity contribution is 8.01. The van der Waals surface area contributed by atoms with Gasteiger partial charge in [-0.1, -0.05) is 11.8 Å². The molecule has 0 aliphatic carbocycles. The van der Waals surface area contributed by atoms with Crippen LogP contribution < -0.4 is 0 Å². The second-order valence-electron chi connectivity index (χ2n) is 4.08. The summed E-state index contributed by atoms with van der Waals surface area (Å²) in [4.78, 5) is 28.5. The zero-order valence-electron chi connectivity index (χ0n) is 9.74. The lowest BCUT2D eigenvalue weighted by Crippen LogP contribution is -2.54. The van der Waals surface area contributed by atoms with Gasteiger partial charge in [0.15, 0.2) is 0 Å². The van der Waals surface area contributed by atoms with Gasteiger partial charge in [-0.3, -0.25) is 9.69 Å². The Hall–Kier alpha value is -0.990. The van der Waals surface area contributed by atoms with E-state index in [0.717, 1.165) is 9.91 Å². The molecule has 0 aromatic carbocycles. The molecule has 3 heterocycles. The van der Waals surface area contributed by atoms with Gasteiger partial charge >= 0.3 is 5.97 Å². The smallest absolute Gasteiger partial charge is 0.352 e. The van der Waals surface area contributed by atoms with Crippen molar-refractivity contribution in [3.8, 4) is 0 Å². The molecule has 5 nitrogen and oxygen atoms in total. The van der Waals surface area contributed by atoms with Gasteiger partial charge in [0.05, 0.1) is 11.8 Å². The molecular formula is C11H10N2O3S3. The third-order valence-corrected chi connectivity index (χ3v) is 6.24. The van der Waals surface area contributed by atoms with Gasteiger partial charge in [-0.2, -0.15) is 0 Å². The summed E-state index contributed by atoms with van der Waals surface area (Å²) < 4.78 is 0.916. The second-order valence-corrected chi connectivity index (χ2v) is 7.36.